The number of hydrogen-bond acceptors (Lipinski definition) is 4. The molecule has 0 radical (unpaired) electrons. The summed E-state index contributed by atoms with van der Waals surface area (Å²) in [7, 11) is 0. The minimum Gasteiger partial charge on any atom is -0.444 e. The molecule has 0 spiro atoms. The van der Waals surface area contributed by atoms with Crippen molar-refractivity contribution in [1.29, 1.82) is 0 Å². The van der Waals surface area contributed by atoms with Gasteiger partial charge in [0.1, 0.15) is 11.3 Å². The van der Waals surface area contributed by atoms with Crippen LogP contribution in [0, 0.1) is 6.92 Å². The van der Waals surface area contributed by atoms with Gasteiger partial charge >= 0.3 is 6.09 Å². The molecule has 1 aliphatic heterocycles. The highest BCUT2D eigenvalue weighted by molar-refractivity contribution is 9.10. The van der Waals surface area contributed by atoms with Gasteiger partial charge < -0.3 is 9.64 Å². The Kier molecular flexibility index (Phi) is 4.86. The zero-order valence-corrected chi connectivity index (χ0v) is 16.6. The third-order valence-electron chi connectivity index (χ3n) is 4.01. The average Bonchev–Trinajstić information content (AvgIpc) is 3.12. The molecule has 7 heteroatoms. The largest absolute Gasteiger partial charge is 0.444 e. The van der Waals surface area contributed by atoms with Crippen LogP contribution in [0.1, 0.15) is 38.9 Å². The normalized spacial score (nSPS) is 17.8. The number of amides is 1. The SMILES string of the molecule is Cc1cccc(-c2nn([C@@H]3CCN(C(=O)OC(C)(C)C)C3)cc2Br)n1. The van der Waals surface area contributed by atoms with E-state index in [0.717, 1.165) is 28.0 Å². The molecule has 0 N–H and O–H groups in total. The summed E-state index contributed by atoms with van der Waals surface area (Å²) in [4.78, 5) is 18.5. The van der Waals surface area contributed by atoms with E-state index >= 15 is 0 Å². The van der Waals surface area contributed by atoms with Crippen LogP contribution in [0.3, 0.4) is 0 Å². The standard InChI is InChI=1S/C18H23BrN4O2/c1-12-6-5-7-15(20-12)16-14(19)11-23(21-16)13-8-9-22(10-13)17(24)25-18(2,3)4/h5-7,11,13H,8-10H2,1-4H3/t13-/m1/s1. The molecule has 2 aromatic rings. The molecular formula is C18H23BrN4O2. The third kappa shape index (κ3) is 4.21. The van der Waals surface area contributed by atoms with Crippen molar-refractivity contribution >= 4 is 22.0 Å². The Bertz CT molecular complexity index is 782. The van der Waals surface area contributed by atoms with Gasteiger partial charge in [0.25, 0.3) is 0 Å². The summed E-state index contributed by atoms with van der Waals surface area (Å²) < 4.78 is 8.28. The Balaban J connectivity index is 1.74. The minimum atomic E-state index is -0.478. The lowest BCUT2D eigenvalue weighted by molar-refractivity contribution is 0.0288. The Morgan fingerprint density at radius 2 is 2.12 bits per heavy atom. The van der Waals surface area contributed by atoms with Gasteiger partial charge in [-0.25, -0.2) is 4.79 Å². The van der Waals surface area contributed by atoms with E-state index in [0.29, 0.717) is 13.1 Å². The molecule has 2 aromatic heterocycles. The second-order valence-electron chi connectivity index (χ2n) is 7.34. The maximum atomic E-state index is 12.2. The molecule has 0 aromatic carbocycles. The number of carbonyl (C=O) groups is 1. The molecule has 1 atom stereocenters. The number of aromatic nitrogens is 3. The average molecular weight is 407 g/mol. The summed E-state index contributed by atoms with van der Waals surface area (Å²) in [6.45, 7) is 8.88. The molecule has 0 aliphatic carbocycles. The lowest BCUT2D eigenvalue weighted by Gasteiger charge is -2.24. The number of carbonyl (C=O) groups excluding carboxylic acids is 1. The van der Waals surface area contributed by atoms with Crippen molar-refractivity contribution < 1.29 is 9.53 Å². The van der Waals surface area contributed by atoms with Crippen molar-refractivity contribution in [2.45, 2.75) is 45.8 Å². The van der Waals surface area contributed by atoms with Gasteiger partial charge in [-0.1, -0.05) is 6.07 Å². The highest BCUT2D eigenvalue weighted by Gasteiger charge is 2.31. The lowest BCUT2D eigenvalue weighted by Crippen LogP contribution is -2.35. The number of aryl methyl sites for hydroxylation is 1. The molecular weight excluding hydrogens is 384 g/mol. The number of rotatable bonds is 2. The predicted molar refractivity (Wildman–Crippen MR) is 99.4 cm³/mol. The molecule has 134 valence electrons. The quantitative estimate of drug-likeness (QED) is 0.749. The van der Waals surface area contributed by atoms with Gasteiger partial charge in [-0.2, -0.15) is 5.10 Å². The molecule has 1 fully saturated rings. The van der Waals surface area contributed by atoms with Gasteiger partial charge in [0.2, 0.25) is 0 Å². The summed E-state index contributed by atoms with van der Waals surface area (Å²) in [6.07, 6.45) is 2.55. The fourth-order valence-electron chi connectivity index (χ4n) is 2.85. The summed E-state index contributed by atoms with van der Waals surface area (Å²) in [5.74, 6) is 0. The summed E-state index contributed by atoms with van der Waals surface area (Å²) in [5.41, 5.74) is 2.14. The van der Waals surface area contributed by atoms with Crippen molar-refractivity contribution in [3.05, 3.63) is 34.6 Å². The highest BCUT2D eigenvalue weighted by Crippen LogP contribution is 2.30. The predicted octanol–water partition coefficient (Wildman–Crippen LogP) is 4.20. The molecule has 25 heavy (non-hydrogen) atoms. The maximum Gasteiger partial charge on any atom is 0.410 e. The third-order valence-corrected chi connectivity index (χ3v) is 4.59. The Morgan fingerprint density at radius 3 is 2.80 bits per heavy atom. The smallest absolute Gasteiger partial charge is 0.410 e. The van der Waals surface area contributed by atoms with E-state index in [9.17, 15) is 4.79 Å². The minimum absolute atomic E-state index is 0.141. The Morgan fingerprint density at radius 1 is 1.36 bits per heavy atom. The monoisotopic (exact) mass is 406 g/mol. The number of hydrogen-bond donors (Lipinski definition) is 0. The number of halogens is 1. The number of ether oxygens (including phenoxy) is 1. The van der Waals surface area contributed by atoms with E-state index in [1.807, 2.05) is 56.8 Å². The van der Waals surface area contributed by atoms with Crippen LogP contribution < -0.4 is 0 Å². The number of likely N-dealkylation sites (tertiary alicyclic amines) is 1. The van der Waals surface area contributed by atoms with Crippen molar-refractivity contribution in [3.8, 4) is 11.4 Å². The lowest BCUT2D eigenvalue weighted by atomic mass is 10.2. The van der Waals surface area contributed by atoms with Crippen LogP contribution in [-0.4, -0.2) is 44.4 Å². The van der Waals surface area contributed by atoms with Crippen LogP contribution in [-0.2, 0) is 4.74 Å². The first-order chi connectivity index (χ1) is 11.7. The zero-order chi connectivity index (χ0) is 18.2. The van der Waals surface area contributed by atoms with Gasteiger partial charge in [0, 0.05) is 25.0 Å². The first-order valence-electron chi connectivity index (χ1n) is 8.39. The molecule has 0 saturated carbocycles. The van der Waals surface area contributed by atoms with Crippen LogP contribution in [0.4, 0.5) is 4.79 Å². The molecule has 6 nitrogen and oxygen atoms in total. The second kappa shape index (κ2) is 6.78. The van der Waals surface area contributed by atoms with Gasteiger partial charge in [-0.15, -0.1) is 0 Å². The second-order valence-corrected chi connectivity index (χ2v) is 8.19. The van der Waals surface area contributed by atoms with E-state index in [1.54, 1.807) is 4.90 Å². The highest BCUT2D eigenvalue weighted by atomic mass is 79.9. The topological polar surface area (TPSA) is 60.2 Å². The van der Waals surface area contributed by atoms with Crippen LogP contribution in [0.15, 0.2) is 28.9 Å². The molecule has 3 rings (SSSR count). The first-order valence-corrected chi connectivity index (χ1v) is 9.19. The molecule has 1 amide bonds. The van der Waals surface area contributed by atoms with Crippen molar-refractivity contribution in [1.82, 2.24) is 19.7 Å². The maximum absolute atomic E-state index is 12.2. The Hall–Kier alpha value is -1.89. The fraction of sp³-hybridized carbons (Fsp3) is 0.500. The van der Waals surface area contributed by atoms with E-state index in [1.165, 1.54) is 0 Å². The van der Waals surface area contributed by atoms with Crippen LogP contribution in [0.2, 0.25) is 0 Å². The summed E-state index contributed by atoms with van der Waals surface area (Å²) >= 11 is 3.58. The van der Waals surface area contributed by atoms with Gasteiger partial charge in [-0.3, -0.25) is 9.67 Å². The van der Waals surface area contributed by atoms with E-state index < -0.39 is 5.60 Å². The van der Waals surface area contributed by atoms with E-state index in [2.05, 4.69) is 20.9 Å². The summed E-state index contributed by atoms with van der Waals surface area (Å²) in [5, 5.41) is 4.70. The summed E-state index contributed by atoms with van der Waals surface area (Å²) in [6, 6.07) is 6.03. The van der Waals surface area contributed by atoms with Crippen molar-refractivity contribution in [2.75, 3.05) is 13.1 Å². The van der Waals surface area contributed by atoms with E-state index in [-0.39, 0.29) is 12.1 Å². The van der Waals surface area contributed by atoms with Crippen molar-refractivity contribution in [2.24, 2.45) is 0 Å². The molecule has 3 heterocycles. The van der Waals surface area contributed by atoms with Crippen LogP contribution in [0.25, 0.3) is 11.4 Å². The van der Waals surface area contributed by atoms with Gasteiger partial charge in [0.05, 0.1) is 16.2 Å². The number of nitrogens with zero attached hydrogens (tertiary/aromatic N) is 4. The molecule has 1 aliphatic rings. The van der Waals surface area contributed by atoms with Crippen LogP contribution in [0.5, 0.6) is 0 Å². The van der Waals surface area contributed by atoms with Crippen LogP contribution >= 0.6 is 15.9 Å². The molecule has 0 bridgehead atoms. The number of pyridine rings is 1. The zero-order valence-electron chi connectivity index (χ0n) is 15.0. The van der Waals surface area contributed by atoms with E-state index in [4.69, 9.17) is 9.84 Å². The van der Waals surface area contributed by atoms with Gasteiger partial charge in [-0.05, 0) is 62.2 Å². The molecule has 0 unspecified atom stereocenters. The Labute approximate surface area is 156 Å². The first kappa shape index (κ1) is 17.9. The van der Waals surface area contributed by atoms with Crippen molar-refractivity contribution in [3.63, 3.8) is 0 Å². The fourth-order valence-corrected chi connectivity index (χ4v) is 3.35. The van der Waals surface area contributed by atoms with Gasteiger partial charge in [0.15, 0.2) is 0 Å². The molecule has 1 saturated heterocycles.